The number of hydrogen-bond donors (Lipinski definition) is 0. The van der Waals surface area contributed by atoms with Gasteiger partial charge in [0.2, 0.25) is 0 Å². The summed E-state index contributed by atoms with van der Waals surface area (Å²) >= 11 is 0. The molecule has 255 valence electrons. The van der Waals surface area contributed by atoms with Gasteiger partial charge >= 0.3 is 0 Å². The summed E-state index contributed by atoms with van der Waals surface area (Å²) in [5, 5.41) is 4.72. The van der Waals surface area contributed by atoms with E-state index in [1.165, 1.54) is 55.9 Å². The molecule has 0 aromatic heterocycles. The van der Waals surface area contributed by atoms with Crippen LogP contribution in [0.15, 0.2) is 85.2 Å². The molecule has 0 bridgehead atoms. The van der Waals surface area contributed by atoms with Crippen LogP contribution in [0.2, 0.25) is 0 Å². The molecule has 0 amide bonds. The van der Waals surface area contributed by atoms with Crippen LogP contribution in [0.25, 0.3) is 5.32 Å². The van der Waals surface area contributed by atoms with Crippen molar-refractivity contribution in [3.05, 3.63) is 142 Å². The molecule has 0 unspecified atom stereocenters. The zero-order valence-corrected chi connectivity index (χ0v) is 32.8. The minimum Gasteiger partial charge on any atom is -0.657 e. The Morgan fingerprint density at radius 1 is 0.489 bits per heavy atom. The van der Waals surface area contributed by atoms with Crippen LogP contribution in [0.3, 0.4) is 0 Å². The minimum absolute atomic E-state index is 0. The second-order valence-electron chi connectivity index (χ2n) is 14.1. The van der Waals surface area contributed by atoms with Gasteiger partial charge in [0, 0.05) is 33.8 Å². The first-order chi connectivity index (χ1) is 21.8. The van der Waals surface area contributed by atoms with Gasteiger partial charge in [-0.05, 0) is 86.0 Å². The average Bonchev–Trinajstić information content (AvgIpc) is 3.49. The van der Waals surface area contributed by atoms with Crippen LogP contribution in [0.5, 0.6) is 0 Å². The topological polar surface area (TPSA) is 20.6 Å². The number of hydrogen-bond acceptors (Lipinski definition) is 2. The van der Waals surface area contributed by atoms with E-state index < -0.39 is 0 Å². The Bertz CT molecular complexity index is 1490. The van der Waals surface area contributed by atoms with E-state index in [9.17, 15) is 0 Å². The molecule has 4 heteroatoms. The molecule has 0 atom stereocenters. The first-order valence-electron chi connectivity index (χ1n) is 17.0. The van der Waals surface area contributed by atoms with Gasteiger partial charge in [0.15, 0.2) is 0 Å². The van der Waals surface area contributed by atoms with Crippen molar-refractivity contribution in [2.45, 2.75) is 107 Å². The van der Waals surface area contributed by atoms with Crippen LogP contribution in [0, 0.1) is 34.4 Å². The Hall–Kier alpha value is -3.24. The van der Waals surface area contributed by atoms with Crippen LogP contribution in [-0.2, 0) is 22.4 Å². The van der Waals surface area contributed by atoms with E-state index in [2.05, 4.69) is 185 Å². The molecule has 0 spiro atoms. The van der Waals surface area contributed by atoms with E-state index in [0.29, 0.717) is 23.7 Å². The van der Waals surface area contributed by atoms with Crippen LogP contribution < -0.4 is 9.80 Å². The van der Waals surface area contributed by atoms with Crippen LogP contribution in [0.4, 0.5) is 22.7 Å². The fourth-order valence-electron chi connectivity index (χ4n) is 6.23. The maximum atomic E-state index is 4.72. The van der Waals surface area contributed by atoms with Gasteiger partial charge in [-0.25, -0.2) is 0 Å². The normalized spacial score (nSPS) is 12.6. The van der Waals surface area contributed by atoms with Gasteiger partial charge in [0.25, 0.3) is 0 Å². The molecular weight excluding hydrogens is 755 g/mol. The predicted octanol–water partition coefficient (Wildman–Crippen LogP) is 13.4. The van der Waals surface area contributed by atoms with Crippen molar-refractivity contribution in [1.82, 2.24) is 0 Å². The zero-order chi connectivity index (χ0) is 33.7. The maximum Gasteiger partial charge on any atom is 0.0195 e. The van der Waals surface area contributed by atoms with Gasteiger partial charge in [0.1, 0.15) is 0 Å². The van der Waals surface area contributed by atoms with Gasteiger partial charge in [-0.1, -0.05) is 150 Å². The largest absolute Gasteiger partial charge is 0.657 e. The quantitative estimate of drug-likeness (QED) is 0.131. The number of anilines is 2. The summed E-state index contributed by atoms with van der Waals surface area (Å²) in [7, 11) is 0. The summed E-state index contributed by atoms with van der Waals surface area (Å²) in [4.78, 5) is 4.65. The number of nitrogens with zero attached hydrogens (tertiary/aromatic N) is 3. The molecule has 3 nitrogen and oxygen atoms in total. The number of para-hydroxylation sites is 2. The molecule has 4 aromatic carbocycles. The number of aryl methyl sites for hydroxylation is 4. The summed E-state index contributed by atoms with van der Waals surface area (Å²) in [5.74, 6) is 1.92. The third kappa shape index (κ3) is 9.22. The van der Waals surface area contributed by atoms with E-state index >= 15 is 0 Å². The first kappa shape index (κ1) is 38.2. The van der Waals surface area contributed by atoms with Gasteiger partial charge in [-0.2, -0.15) is 0 Å². The molecule has 5 rings (SSSR count). The Morgan fingerprint density at radius 3 is 1.09 bits per heavy atom. The summed E-state index contributed by atoms with van der Waals surface area (Å²) in [6.45, 7) is 29.0. The molecule has 4 aromatic rings. The van der Waals surface area contributed by atoms with Crippen molar-refractivity contribution >= 4 is 22.7 Å². The number of rotatable bonds is 8. The van der Waals surface area contributed by atoms with Crippen molar-refractivity contribution in [3.63, 3.8) is 0 Å². The van der Waals surface area contributed by atoms with E-state index in [1.807, 2.05) is 0 Å². The van der Waals surface area contributed by atoms with E-state index in [-0.39, 0.29) is 22.4 Å². The standard InChI is InChI=1S/C27H37N2.C16H18N.Au/c1-18(2)22-11-9-12-23(19(3)4)26(22)28-15-16-29(17-28)27-24(20(5)6)13-10-14-25(27)21(7)8;1-11-5-7-15(13(3)9-11)17-16-8-6-12(2)10-14(16)4;/h9-21H,1-8H3;5-10H,1-4H3;/q2*-1;. The smallest absolute Gasteiger partial charge is 0.0195 e. The van der Waals surface area contributed by atoms with Gasteiger partial charge < -0.3 is 15.1 Å². The van der Waals surface area contributed by atoms with E-state index in [1.54, 1.807) is 0 Å². The first-order valence-corrected chi connectivity index (χ1v) is 17.0. The monoisotopic (exact) mass is 810 g/mol. The summed E-state index contributed by atoms with van der Waals surface area (Å²) in [6, 6.07) is 26.2. The molecule has 0 saturated carbocycles. The maximum absolute atomic E-state index is 4.72. The van der Waals surface area contributed by atoms with E-state index in [4.69, 9.17) is 5.32 Å². The summed E-state index contributed by atoms with van der Waals surface area (Å²) in [5.41, 5.74) is 15.4. The third-order valence-corrected chi connectivity index (χ3v) is 8.78. The molecule has 0 N–H and O–H groups in total. The molecule has 0 aliphatic carbocycles. The van der Waals surface area contributed by atoms with Crippen LogP contribution in [0.1, 0.15) is 124 Å². The zero-order valence-electron chi connectivity index (χ0n) is 30.6. The Labute approximate surface area is 302 Å². The average molecular weight is 811 g/mol. The molecule has 1 heterocycles. The fourth-order valence-corrected chi connectivity index (χ4v) is 6.23. The van der Waals surface area contributed by atoms with Crippen molar-refractivity contribution < 1.29 is 22.4 Å². The van der Waals surface area contributed by atoms with Gasteiger partial charge in [-0.3, -0.25) is 0 Å². The molecule has 1 aliphatic rings. The molecule has 1 aliphatic heterocycles. The molecule has 1 radical (unpaired) electrons. The van der Waals surface area contributed by atoms with E-state index in [0.717, 1.165) is 11.4 Å². The van der Waals surface area contributed by atoms with Crippen molar-refractivity contribution in [3.8, 4) is 0 Å². The Balaban J connectivity index is 0.000000284. The van der Waals surface area contributed by atoms with Gasteiger partial charge in [-0.15, -0.1) is 18.0 Å². The number of benzene rings is 4. The second-order valence-corrected chi connectivity index (χ2v) is 14.1. The molecular formula is C43H55AuN3-2. The Morgan fingerprint density at radius 2 is 0.809 bits per heavy atom. The van der Waals surface area contributed by atoms with Crippen LogP contribution in [-0.4, -0.2) is 0 Å². The molecule has 47 heavy (non-hydrogen) atoms. The van der Waals surface area contributed by atoms with Crippen molar-refractivity contribution in [2.24, 2.45) is 0 Å². The predicted molar refractivity (Wildman–Crippen MR) is 202 cm³/mol. The SMILES string of the molecule is CC(C)c1cccc(C(C)C)c1N1C=CN(c2c(C(C)C)cccc2C(C)C)[CH-]1.Cc1ccc([N-]c2ccc(C)cc2C)c(C)c1.[Au]. The second kappa shape index (κ2) is 16.7. The van der Waals surface area contributed by atoms with Crippen LogP contribution >= 0.6 is 0 Å². The molecule has 0 fully saturated rings. The van der Waals surface area contributed by atoms with Crippen molar-refractivity contribution in [1.29, 1.82) is 0 Å². The summed E-state index contributed by atoms with van der Waals surface area (Å²) in [6.07, 6.45) is 4.43. The summed E-state index contributed by atoms with van der Waals surface area (Å²) < 4.78 is 0. The van der Waals surface area contributed by atoms with Crippen molar-refractivity contribution in [2.75, 3.05) is 9.80 Å². The minimum atomic E-state index is 0. The Kier molecular flexibility index (Phi) is 13.6. The fraction of sp³-hybridized carbons (Fsp3) is 0.372. The third-order valence-electron chi connectivity index (χ3n) is 8.78. The van der Waals surface area contributed by atoms with Gasteiger partial charge in [0.05, 0.1) is 0 Å². The molecule has 0 saturated heterocycles.